The number of carboxylic acids is 1. The van der Waals surface area contributed by atoms with Crippen LogP contribution in [0.5, 0.6) is 11.5 Å². The number of aliphatic hydroxyl groups is 1. The highest BCUT2D eigenvalue weighted by molar-refractivity contribution is 6.30. The van der Waals surface area contributed by atoms with Crippen molar-refractivity contribution in [2.75, 3.05) is 13.2 Å². The summed E-state index contributed by atoms with van der Waals surface area (Å²) in [5.74, 6) is -1.06. The van der Waals surface area contributed by atoms with Gasteiger partial charge in [0.2, 0.25) is 5.76 Å². The number of aliphatic hydroxyl groups excluding tert-OH is 1. The molecule has 7 nitrogen and oxygen atoms in total. The fourth-order valence-electron chi connectivity index (χ4n) is 2.36. The average Bonchev–Trinajstić information content (AvgIpc) is 2.65. The summed E-state index contributed by atoms with van der Waals surface area (Å²) >= 11 is 5.79. The topological polar surface area (TPSA) is 106 Å². The Kier molecular flexibility index (Phi) is 5.63. The summed E-state index contributed by atoms with van der Waals surface area (Å²) in [5, 5.41) is 19.7. The van der Waals surface area contributed by atoms with Crippen LogP contribution >= 0.6 is 11.6 Å². The molecule has 0 saturated carbocycles. The number of aromatic carboxylic acids is 1. The molecule has 3 aromatic rings. The van der Waals surface area contributed by atoms with Crippen LogP contribution in [0.4, 0.5) is 0 Å². The fraction of sp³-hybridized carbons (Fsp3) is 0.158. The first-order valence-electron chi connectivity index (χ1n) is 7.93. The van der Waals surface area contributed by atoms with E-state index in [1.165, 1.54) is 12.1 Å². The maximum absolute atomic E-state index is 12.2. The van der Waals surface area contributed by atoms with Crippen molar-refractivity contribution in [1.29, 1.82) is 0 Å². The van der Waals surface area contributed by atoms with Crippen LogP contribution in [0.2, 0.25) is 5.02 Å². The Bertz CT molecular complexity index is 1010. The predicted molar refractivity (Wildman–Crippen MR) is 97.9 cm³/mol. The molecule has 2 N–H and O–H groups in total. The van der Waals surface area contributed by atoms with Gasteiger partial charge in [0.1, 0.15) is 41.8 Å². The van der Waals surface area contributed by atoms with E-state index in [1.54, 1.807) is 30.3 Å². The van der Waals surface area contributed by atoms with Gasteiger partial charge in [0.25, 0.3) is 0 Å². The van der Waals surface area contributed by atoms with E-state index in [1.807, 2.05) is 0 Å². The Labute approximate surface area is 158 Å². The summed E-state index contributed by atoms with van der Waals surface area (Å²) in [4.78, 5) is 23.2. The Morgan fingerprint density at radius 2 is 1.81 bits per heavy atom. The van der Waals surface area contributed by atoms with Crippen LogP contribution in [0.3, 0.4) is 0 Å². The third kappa shape index (κ3) is 4.58. The highest BCUT2D eigenvalue weighted by Gasteiger charge is 2.15. The smallest absolute Gasteiger partial charge is 0.371 e. The Hall–Kier alpha value is -3.03. The van der Waals surface area contributed by atoms with Crippen molar-refractivity contribution in [2.45, 2.75) is 6.10 Å². The second kappa shape index (κ2) is 8.11. The lowest BCUT2D eigenvalue weighted by molar-refractivity contribution is 0.0631. The summed E-state index contributed by atoms with van der Waals surface area (Å²) in [6.07, 6.45) is -0.957. The highest BCUT2D eigenvalue weighted by atomic mass is 35.5. The van der Waals surface area contributed by atoms with E-state index in [4.69, 9.17) is 30.6 Å². The van der Waals surface area contributed by atoms with Gasteiger partial charge in [0.05, 0.1) is 0 Å². The molecule has 27 heavy (non-hydrogen) atoms. The van der Waals surface area contributed by atoms with Crippen molar-refractivity contribution in [3.8, 4) is 11.5 Å². The molecule has 3 rings (SSSR count). The van der Waals surface area contributed by atoms with Crippen molar-refractivity contribution in [2.24, 2.45) is 0 Å². The first-order chi connectivity index (χ1) is 12.9. The largest absolute Gasteiger partial charge is 0.491 e. The number of fused-ring (bicyclic) bond motifs is 1. The van der Waals surface area contributed by atoms with Crippen LogP contribution in [0.1, 0.15) is 10.6 Å². The van der Waals surface area contributed by atoms with Crippen LogP contribution in [-0.4, -0.2) is 35.5 Å². The first kappa shape index (κ1) is 18.8. The molecule has 1 atom stereocenters. The molecule has 0 spiro atoms. The van der Waals surface area contributed by atoms with E-state index in [0.717, 1.165) is 6.07 Å². The third-order valence-corrected chi connectivity index (χ3v) is 3.87. The monoisotopic (exact) mass is 390 g/mol. The lowest BCUT2D eigenvalue weighted by Gasteiger charge is -2.14. The molecule has 1 unspecified atom stereocenters. The van der Waals surface area contributed by atoms with Gasteiger partial charge in [0, 0.05) is 11.1 Å². The average molecular weight is 391 g/mol. The molecule has 8 heteroatoms. The van der Waals surface area contributed by atoms with Gasteiger partial charge < -0.3 is 24.1 Å². The number of hydrogen-bond donors (Lipinski definition) is 2. The SMILES string of the molecule is O=C(O)c1cc(=O)c2c(OCC(O)COc3ccc(Cl)cc3)cccc2o1. The van der Waals surface area contributed by atoms with Crippen molar-refractivity contribution < 1.29 is 28.9 Å². The van der Waals surface area contributed by atoms with Gasteiger partial charge in [-0.15, -0.1) is 0 Å². The maximum atomic E-state index is 12.2. The minimum atomic E-state index is -1.34. The molecule has 140 valence electrons. The van der Waals surface area contributed by atoms with Gasteiger partial charge in [-0.25, -0.2) is 4.79 Å². The highest BCUT2D eigenvalue weighted by Crippen LogP contribution is 2.23. The van der Waals surface area contributed by atoms with E-state index < -0.39 is 23.3 Å². The predicted octanol–water partition coefficient (Wildman–Crippen LogP) is 2.96. The van der Waals surface area contributed by atoms with Gasteiger partial charge >= 0.3 is 5.97 Å². The molecule has 0 radical (unpaired) electrons. The number of rotatable bonds is 7. The van der Waals surface area contributed by atoms with Crippen LogP contribution < -0.4 is 14.9 Å². The van der Waals surface area contributed by atoms with Crippen molar-refractivity contribution in [3.05, 3.63) is 69.5 Å². The Morgan fingerprint density at radius 3 is 2.52 bits per heavy atom. The lowest BCUT2D eigenvalue weighted by Crippen LogP contribution is -2.25. The summed E-state index contributed by atoms with van der Waals surface area (Å²) in [6.45, 7) is -0.156. The molecule has 0 amide bonds. The molecular weight excluding hydrogens is 376 g/mol. The minimum Gasteiger partial charge on any atom is -0.491 e. The molecule has 0 bridgehead atoms. The molecule has 0 aliphatic rings. The van der Waals surface area contributed by atoms with Crippen LogP contribution in [-0.2, 0) is 0 Å². The van der Waals surface area contributed by atoms with E-state index in [2.05, 4.69) is 0 Å². The maximum Gasteiger partial charge on any atom is 0.371 e. The summed E-state index contributed by atoms with van der Waals surface area (Å²) < 4.78 is 16.1. The summed E-state index contributed by atoms with van der Waals surface area (Å²) in [6, 6.07) is 12.1. The zero-order valence-corrected chi connectivity index (χ0v) is 14.7. The van der Waals surface area contributed by atoms with Gasteiger partial charge in [-0.1, -0.05) is 17.7 Å². The molecule has 0 aliphatic heterocycles. The Morgan fingerprint density at radius 1 is 1.11 bits per heavy atom. The van der Waals surface area contributed by atoms with Crippen molar-refractivity contribution in [3.63, 3.8) is 0 Å². The van der Waals surface area contributed by atoms with E-state index in [0.29, 0.717) is 10.8 Å². The number of carboxylic acid groups (broad SMARTS) is 1. The fourth-order valence-corrected chi connectivity index (χ4v) is 2.49. The number of ether oxygens (including phenoxy) is 2. The van der Waals surface area contributed by atoms with Gasteiger partial charge in [-0.3, -0.25) is 4.79 Å². The van der Waals surface area contributed by atoms with Gasteiger partial charge in [0.15, 0.2) is 5.43 Å². The number of carbonyl (C=O) groups is 1. The number of benzene rings is 2. The molecule has 0 fully saturated rings. The Balaban J connectivity index is 1.68. The minimum absolute atomic E-state index is 0.0236. The summed E-state index contributed by atoms with van der Waals surface area (Å²) in [7, 11) is 0. The van der Waals surface area contributed by atoms with Crippen molar-refractivity contribution >= 4 is 28.5 Å². The number of halogens is 1. The van der Waals surface area contributed by atoms with E-state index >= 15 is 0 Å². The summed E-state index contributed by atoms with van der Waals surface area (Å²) in [5.41, 5.74) is -0.458. The first-order valence-corrected chi connectivity index (χ1v) is 8.31. The second-order valence-electron chi connectivity index (χ2n) is 5.64. The molecule has 1 heterocycles. The third-order valence-electron chi connectivity index (χ3n) is 3.61. The molecular formula is C19H15ClO7. The van der Waals surface area contributed by atoms with E-state index in [-0.39, 0.29) is 29.9 Å². The zero-order valence-electron chi connectivity index (χ0n) is 13.9. The van der Waals surface area contributed by atoms with Gasteiger partial charge in [-0.05, 0) is 36.4 Å². The standard InChI is InChI=1S/C19H15ClO7/c20-11-4-6-13(7-5-11)25-9-12(21)10-26-15-2-1-3-16-18(15)14(22)8-17(27-16)19(23)24/h1-8,12,21H,9-10H2,(H,23,24). The quantitative estimate of drug-likeness (QED) is 0.638. The lowest BCUT2D eigenvalue weighted by atomic mass is 10.2. The van der Waals surface area contributed by atoms with Crippen LogP contribution in [0.25, 0.3) is 11.0 Å². The molecule has 0 aliphatic carbocycles. The van der Waals surface area contributed by atoms with Crippen LogP contribution in [0, 0.1) is 0 Å². The molecule has 1 aromatic heterocycles. The van der Waals surface area contributed by atoms with Gasteiger partial charge in [-0.2, -0.15) is 0 Å². The number of hydrogen-bond acceptors (Lipinski definition) is 6. The van der Waals surface area contributed by atoms with Crippen molar-refractivity contribution in [1.82, 2.24) is 0 Å². The molecule has 2 aromatic carbocycles. The van der Waals surface area contributed by atoms with E-state index in [9.17, 15) is 14.7 Å². The second-order valence-corrected chi connectivity index (χ2v) is 6.08. The van der Waals surface area contributed by atoms with Crippen LogP contribution in [0.15, 0.2) is 57.7 Å². The normalized spacial score (nSPS) is 11.9. The molecule has 0 saturated heterocycles. The zero-order chi connectivity index (χ0) is 19.4.